The van der Waals surface area contributed by atoms with Crippen LogP contribution in [0.2, 0.25) is 0 Å². The number of halogens is 2. The lowest BCUT2D eigenvalue weighted by molar-refractivity contribution is -0.127. The molecule has 8 heteroatoms. The van der Waals surface area contributed by atoms with E-state index in [2.05, 4.69) is 10.6 Å². The van der Waals surface area contributed by atoms with E-state index in [1.54, 1.807) is 28.8 Å². The van der Waals surface area contributed by atoms with Gasteiger partial charge in [-0.2, -0.15) is 0 Å². The fourth-order valence-corrected chi connectivity index (χ4v) is 4.13. The minimum absolute atomic E-state index is 0. The number of rotatable bonds is 5. The summed E-state index contributed by atoms with van der Waals surface area (Å²) >= 11 is 0. The molecule has 6 nitrogen and oxygen atoms in total. The third kappa shape index (κ3) is 3.91. The van der Waals surface area contributed by atoms with Gasteiger partial charge in [-0.1, -0.05) is 18.2 Å². The first-order valence-corrected chi connectivity index (χ1v) is 9.22. The Bertz CT molecular complexity index is 904. The lowest BCUT2D eigenvalue weighted by Gasteiger charge is -2.42. The Labute approximate surface area is 168 Å². The van der Waals surface area contributed by atoms with Crippen LogP contribution in [0, 0.1) is 11.7 Å². The Kier molecular flexibility index (Phi) is 6.36. The molecule has 1 aromatic heterocycles. The fraction of sp³-hybridized carbons (Fsp3) is 0.400. The number of pyridine rings is 1. The Balaban J connectivity index is 0.00000225. The highest BCUT2D eigenvalue weighted by atomic mass is 35.5. The lowest BCUT2D eigenvalue weighted by Crippen LogP contribution is -2.52. The van der Waals surface area contributed by atoms with Crippen molar-refractivity contribution in [3.05, 3.63) is 64.3 Å². The van der Waals surface area contributed by atoms with Gasteiger partial charge in [0.25, 0.3) is 5.56 Å². The number of aromatic nitrogens is 1. The lowest BCUT2D eigenvalue weighted by atomic mass is 9.79. The molecule has 0 radical (unpaired) electrons. The molecule has 1 saturated heterocycles. The van der Waals surface area contributed by atoms with Gasteiger partial charge >= 0.3 is 0 Å². The standard InChI is InChI=1S/C20H22FN3O3.ClH/c21-15-4-1-2-6-17(15)27-9-8-23-20(26)19-14-10-13(11-22-12-14)16-5-3-7-18(25)24(16)19;/h1-7,13-14,19,22H,8-12H2,(H,23,26);1H/t13-,14+,19-;/m1./s1. The summed E-state index contributed by atoms with van der Waals surface area (Å²) in [7, 11) is 0. The molecule has 1 fully saturated rings. The van der Waals surface area contributed by atoms with Crippen molar-refractivity contribution in [2.75, 3.05) is 26.2 Å². The third-order valence-corrected chi connectivity index (χ3v) is 5.31. The Hall–Kier alpha value is -2.38. The van der Waals surface area contributed by atoms with Crippen LogP contribution in [-0.2, 0) is 4.79 Å². The fourth-order valence-electron chi connectivity index (χ4n) is 4.13. The number of benzene rings is 1. The third-order valence-electron chi connectivity index (χ3n) is 5.31. The summed E-state index contributed by atoms with van der Waals surface area (Å²) in [5, 5.41) is 6.20. The van der Waals surface area contributed by atoms with Crippen molar-refractivity contribution in [1.82, 2.24) is 15.2 Å². The van der Waals surface area contributed by atoms with Crippen molar-refractivity contribution in [2.24, 2.45) is 5.92 Å². The smallest absolute Gasteiger partial charge is 0.251 e. The molecule has 2 N–H and O–H groups in total. The zero-order chi connectivity index (χ0) is 18.8. The Morgan fingerprint density at radius 3 is 2.86 bits per heavy atom. The molecule has 0 saturated carbocycles. The summed E-state index contributed by atoms with van der Waals surface area (Å²) in [5.74, 6) is -0.148. The largest absolute Gasteiger partial charge is 0.489 e. The normalized spacial score (nSPS) is 22.5. The molecule has 3 heterocycles. The highest BCUT2D eigenvalue weighted by Crippen LogP contribution is 2.38. The second-order valence-electron chi connectivity index (χ2n) is 7.02. The summed E-state index contributed by atoms with van der Waals surface area (Å²) < 4.78 is 20.6. The highest BCUT2D eigenvalue weighted by Gasteiger charge is 2.41. The number of nitrogens with one attached hydrogen (secondary N) is 2. The van der Waals surface area contributed by atoms with Crippen LogP contribution in [0.4, 0.5) is 4.39 Å². The number of carbonyl (C=O) groups is 1. The molecule has 2 aliphatic rings. The van der Waals surface area contributed by atoms with Crippen molar-refractivity contribution in [3.63, 3.8) is 0 Å². The van der Waals surface area contributed by atoms with Gasteiger partial charge in [0.05, 0.1) is 6.54 Å². The van der Waals surface area contributed by atoms with Gasteiger partial charge in [-0.15, -0.1) is 12.4 Å². The van der Waals surface area contributed by atoms with Crippen LogP contribution in [0.5, 0.6) is 5.75 Å². The first-order valence-electron chi connectivity index (χ1n) is 9.22. The molecular weight excluding hydrogens is 385 g/mol. The number of ether oxygens (including phenoxy) is 1. The van der Waals surface area contributed by atoms with Gasteiger partial charge in [0, 0.05) is 36.7 Å². The second kappa shape index (κ2) is 8.75. The van der Waals surface area contributed by atoms with Crippen molar-refractivity contribution in [1.29, 1.82) is 0 Å². The number of nitrogens with zero attached hydrogens (tertiary/aromatic N) is 1. The van der Waals surface area contributed by atoms with Gasteiger partial charge in [-0.25, -0.2) is 4.39 Å². The molecule has 2 aromatic rings. The maximum atomic E-state index is 13.6. The molecule has 28 heavy (non-hydrogen) atoms. The van der Waals surface area contributed by atoms with Crippen molar-refractivity contribution >= 4 is 18.3 Å². The van der Waals surface area contributed by atoms with E-state index in [9.17, 15) is 14.0 Å². The van der Waals surface area contributed by atoms with Gasteiger partial charge in [0.2, 0.25) is 5.91 Å². The molecular formula is C20H23ClFN3O3. The van der Waals surface area contributed by atoms with E-state index in [0.29, 0.717) is 6.54 Å². The van der Waals surface area contributed by atoms with Gasteiger partial charge in [-0.05, 0) is 24.6 Å². The van der Waals surface area contributed by atoms with Crippen LogP contribution in [0.25, 0.3) is 0 Å². The first kappa shape index (κ1) is 20.4. The number of fused-ring (bicyclic) bond motifs is 4. The van der Waals surface area contributed by atoms with Crippen molar-refractivity contribution in [2.45, 2.75) is 18.4 Å². The first-order chi connectivity index (χ1) is 13.1. The van der Waals surface area contributed by atoms with Crippen LogP contribution in [0.3, 0.4) is 0 Å². The highest BCUT2D eigenvalue weighted by molar-refractivity contribution is 5.85. The average Bonchev–Trinajstić information content (AvgIpc) is 2.68. The van der Waals surface area contributed by atoms with E-state index in [4.69, 9.17) is 4.74 Å². The van der Waals surface area contributed by atoms with E-state index < -0.39 is 11.9 Å². The zero-order valence-electron chi connectivity index (χ0n) is 15.3. The van der Waals surface area contributed by atoms with Gasteiger partial charge in [0.15, 0.2) is 11.6 Å². The van der Waals surface area contributed by atoms with E-state index in [1.165, 1.54) is 12.1 Å². The topological polar surface area (TPSA) is 72.4 Å². The SMILES string of the molecule is Cl.O=C(NCCOc1ccccc1F)[C@H]1[C@@H]2CNC[C@@H](C2)c2cccc(=O)n21. The molecule has 1 aromatic carbocycles. The van der Waals surface area contributed by atoms with E-state index >= 15 is 0 Å². The summed E-state index contributed by atoms with van der Waals surface area (Å²) in [6.45, 7) is 1.93. The minimum Gasteiger partial charge on any atom is -0.489 e. The van der Waals surface area contributed by atoms with Crippen LogP contribution in [0.1, 0.15) is 24.1 Å². The molecule has 1 amide bonds. The van der Waals surface area contributed by atoms with Gasteiger partial charge in [0.1, 0.15) is 12.6 Å². The van der Waals surface area contributed by atoms with Crippen molar-refractivity contribution in [3.8, 4) is 5.75 Å². The number of hydrogen-bond donors (Lipinski definition) is 2. The summed E-state index contributed by atoms with van der Waals surface area (Å²) in [4.78, 5) is 25.3. The molecule has 2 bridgehead atoms. The van der Waals surface area contributed by atoms with Crippen LogP contribution < -0.4 is 20.9 Å². The van der Waals surface area contributed by atoms with E-state index in [-0.39, 0.29) is 54.6 Å². The molecule has 0 aliphatic carbocycles. The Morgan fingerprint density at radius 1 is 1.21 bits per heavy atom. The number of piperidine rings is 1. The summed E-state index contributed by atoms with van der Waals surface area (Å²) in [6.07, 6.45) is 0.889. The molecule has 4 rings (SSSR count). The maximum Gasteiger partial charge on any atom is 0.251 e. The Morgan fingerprint density at radius 2 is 2.04 bits per heavy atom. The van der Waals surface area contributed by atoms with Crippen LogP contribution in [0.15, 0.2) is 47.3 Å². The van der Waals surface area contributed by atoms with E-state index in [0.717, 1.165) is 18.7 Å². The molecule has 2 aliphatic heterocycles. The number of carbonyl (C=O) groups excluding carboxylic acids is 1. The van der Waals surface area contributed by atoms with E-state index in [1.807, 2.05) is 6.07 Å². The van der Waals surface area contributed by atoms with Crippen LogP contribution >= 0.6 is 12.4 Å². The number of hydrogen-bond acceptors (Lipinski definition) is 4. The molecule has 0 unspecified atom stereocenters. The molecule has 0 spiro atoms. The average molecular weight is 408 g/mol. The van der Waals surface area contributed by atoms with Crippen molar-refractivity contribution < 1.29 is 13.9 Å². The van der Waals surface area contributed by atoms with Gasteiger partial charge < -0.3 is 15.4 Å². The summed E-state index contributed by atoms with van der Waals surface area (Å²) in [6, 6.07) is 10.8. The maximum absolute atomic E-state index is 13.6. The number of amides is 1. The molecule has 3 atom stereocenters. The second-order valence-corrected chi connectivity index (χ2v) is 7.02. The quantitative estimate of drug-likeness (QED) is 0.742. The predicted octanol–water partition coefficient (Wildman–Crippen LogP) is 1.85. The van der Waals surface area contributed by atoms with Crippen LogP contribution in [-0.4, -0.2) is 36.7 Å². The summed E-state index contributed by atoms with van der Waals surface area (Å²) in [5.41, 5.74) is 0.764. The minimum atomic E-state index is -0.536. The van der Waals surface area contributed by atoms with Gasteiger partial charge in [-0.3, -0.25) is 14.2 Å². The monoisotopic (exact) mass is 407 g/mol. The zero-order valence-corrected chi connectivity index (χ0v) is 16.1. The molecule has 150 valence electrons. The number of para-hydroxylation sites is 1. The predicted molar refractivity (Wildman–Crippen MR) is 106 cm³/mol.